The fourth-order valence-electron chi connectivity index (χ4n) is 2.81. The molecule has 0 aromatic heterocycles. The van der Waals surface area contributed by atoms with Crippen molar-refractivity contribution in [1.82, 2.24) is 9.62 Å². The summed E-state index contributed by atoms with van der Waals surface area (Å²) in [5.74, 6) is -0.0693. The van der Waals surface area contributed by atoms with Crippen LogP contribution >= 0.6 is 0 Å². The van der Waals surface area contributed by atoms with Gasteiger partial charge < -0.3 is 5.32 Å². The average Bonchev–Trinajstić information content (AvgIpc) is 2.45. The molecule has 1 saturated heterocycles. The standard InChI is InChI=1S/C15H23FN2O2S/c1-3-18(11-13-5-4-8-17-10-13)21(19,20)15-7-6-14(16)9-12(15)2/h6-7,9,13,17H,3-5,8,10-11H2,1-2H3. The number of aryl methyl sites for hydroxylation is 1. The zero-order valence-electron chi connectivity index (χ0n) is 12.6. The first-order chi connectivity index (χ1) is 9.95. The zero-order chi connectivity index (χ0) is 15.5. The van der Waals surface area contributed by atoms with Crippen molar-refractivity contribution >= 4 is 10.0 Å². The van der Waals surface area contributed by atoms with Gasteiger partial charge in [0.05, 0.1) is 4.90 Å². The van der Waals surface area contributed by atoms with Crippen LogP contribution in [0, 0.1) is 18.7 Å². The molecule has 0 radical (unpaired) electrons. The van der Waals surface area contributed by atoms with Crippen LogP contribution in [0.4, 0.5) is 4.39 Å². The first-order valence-electron chi connectivity index (χ1n) is 7.42. The normalized spacial score (nSPS) is 19.9. The van der Waals surface area contributed by atoms with Crippen molar-refractivity contribution in [3.8, 4) is 0 Å². The van der Waals surface area contributed by atoms with E-state index in [1.54, 1.807) is 6.92 Å². The minimum Gasteiger partial charge on any atom is -0.316 e. The van der Waals surface area contributed by atoms with Crippen LogP contribution in [0.25, 0.3) is 0 Å². The number of hydrogen-bond donors (Lipinski definition) is 1. The zero-order valence-corrected chi connectivity index (χ0v) is 13.4. The van der Waals surface area contributed by atoms with Crippen LogP contribution in [-0.2, 0) is 10.0 Å². The van der Waals surface area contributed by atoms with Gasteiger partial charge in [-0.2, -0.15) is 4.31 Å². The van der Waals surface area contributed by atoms with Gasteiger partial charge in [0.2, 0.25) is 10.0 Å². The predicted octanol–water partition coefficient (Wildman–Crippen LogP) is 2.14. The smallest absolute Gasteiger partial charge is 0.243 e. The van der Waals surface area contributed by atoms with E-state index in [1.807, 2.05) is 6.92 Å². The minimum atomic E-state index is -3.56. The highest BCUT2D eigenvalue weighted by Crippen LogP contribution is 2.23. The van der Waals surface area contributed by atoms with Gasteiger partial charge in [0.15, 0.2) is 0 Å². The maximum atomic E-state index is 13.2. The number of sulfonamides is 1. The van der Waals surface area contributed by atoms with Crippen molar-refractivity contribution in [3.63, 3.8) is 0 Å². The van der Waals surface area contributed by atoms with Crippen molar-refractivity contribution < 1.29 is 12.8 Å². The largest absolute Gasteiger partial charge is 0.316 e. The van der Waals surface area contributed by atoms with Gasteiger partial charge in [0, 0.05) is 13.1 Å². The van der Waals surface area contributed by atoms with Crippen LogP contribution in [0.3, 0.4) is 0 Å². The summed E-state index contributed by atoms with van der Waals surface area (Å²) in [5.41, 5.74) is 0.454. The maximum absolute atomic E-state index is 13.2. The van der Waals surface area contributed by atoms with E-state index in [4.69, 9.17) is 0 Å². The fraction of sp³-hybridized carbons (Fsp3) is 0.600. The average molecular weight is 314 g/mol. The van der Waals surface area contributed by atoms with Gasteiger partial charge in [-0.25, -0.2) is 12.8 Å². The van der Waals surface area contributed by atoms with Crippen molar-refractivity contribution in [2.45, 2.75) is 31.6 Å². The Kier molecular flexibility index (Phi) is 5.35. The molecule has 4 nitrogen and oxygen atoms in total. The third-order valence-corrected chi connectivity index (χ3v) is 6.07. The molecule has 21 heavy (non-hydrogen) atoms. The van der Waals surface area contributed by atoms with Gasteiger partial charge in [0.25, 0.3) is 0 Å². The molecule has 2 rings (SSSR count). The monoisotopic (exact) mass is 314 g/mol. The van der Waals surface area contributed by atoms with Gasteiger partial charge >= 0.3 is 0 Å². The topological polar surface area (TPSA) is 49.4 Å². The lowest BCUT2D eigenvalue weighted by Gasteiger charge is -2.29. The molecular formula is C15H23FN2O2S. The molecule has 1 aliphatic heterocycles. The maximum Gasteiger partial charge on any atom is 0.243 e. The molecule has 0 saturated carbocycles. The molecule has 0 spiro atoms. The first kappa shape index (κ1) is 16.4. The second-order valence-corrected chi connectivity index (χ2v) is 7.48. The lowest BCUT2D eigenvalue weighted by atomic mass is 10.00. The molecule has 1 fully saturated rings. The summed E-state index contributed by atoms with van der Waals surface area (Å²) >= 11 is 0. The lowest BCUT2D eigenvalue weighted by Crippen LogP contribution is -2.41. The number of halogens is 1. The molecule has 6 heteroatoms. The van der Waals surface area contributed by atoms with Crippen LogP contribution in [0.15, 0.2) is 23.1 Å². The number of nitrogens with one attached hydrogen (secondary N) is 1. The van der Waals surface area contributed by atoms with Gasteiger partial charge in [-0.1, -0.05) is 6.92 Å². The number of rotatable bonds is 5. The molecule has 0 bridgehead atoms. The Morgan fingerprint density at radius 3 is 2.76 bits per heavy atom. The molecular weight excluding hydrogens is 291 g/mol. The summed E-state index contributed by atoms with van der Waals surface area (Å²) in [4.78, 5) is 0.203. The van der Waals surface area contributed by atoms with Crippen LogP contribution in [-0.4, -0.2) is 38.9 Å². The van der Waals surface area contributed by atoms with Crippen molar-refractivity contribution in [2.75, 3.05) is 26.2 Å². The molecule has 0 amide bonds. The minimum absolute atomic E-state index is 0.203. The molecule has 1 aliphatic rings. The molecule has 1 aromatic rings. The highest BCUT2D eigenvalue weighted by atomic mass is 32.2. The van der Waals surface area contributed by atoms with Crippen LogP contribution in [0.1, 0.15) is 25.3 Å². The quantitative estimate of drug-likeness (QED) is 0.906. The van der Waals surface area contributed by atoms with Crippen LogP contribution in [0.2, 0.25) is 0 Å². The summed E-state index contributed by atoms with van der Waals surface area (Å²) in [6.07, 6.45) is 2.12. The molecule has 0 aliphatic carbocycles. The van der Waals surface area contributed by atoms with E-state index in [1.165, 1.54) is 22.5 Å². The van der Waals surface area contributed by atoms with E-state index in [0.29, 0.717) is 24.6 Å². The van der Waals surface area contributed by atoms with E-state index in [2.05, 4.69) is 5.32 Å². The van der Waals surface area contributed by atoms with Crippen LogP contribution < -0.4 is 5.32 Å². The van der Waals surface area contributed by atoms with Gasteiger partial charge in [-0.05, 0) is 62.5 Å². The van der Waals surface area contributed by atoms with E-state index < -0.39 is 15.8 Å². The predicted molar refractivity (Wildman–Crippen MR) is 81.2 cm³/mol. The van der Waals surface area contributed by atoms with Crippen LogP contribution in [0.5, 0.6) is 0 Å². The van der Waals surface area contributed by atoms with Crippen molar-refractivity contribution in [2.24, 2.45) is 5.92 Å². The van der Waals surface area contributed by atoms with Crippen molar-refractivity contribution in [1.29, 1.82) is 0 Å². The van der Waals surface area contributed by atoms with E-state index in [0.717, 1.165) is 25.9 Å². The van der Waals surface area contributed by atoms with E-state index in [9.17, 15) is 12.8 Å². The van der Waals surface area contributed by atoms with Gasteiger partial charge in [-0.15, -0.1) is 0 Å². The summed E-state index contributed by atoms with van der Waals surface area (Å²) in [6, 6.07) is 3.83. The fourth-order valence-corrected chi connectivity index (χ4v) is 4.54. The Morgan fingerprint density at radius 2 is 2.19 bits per heavy atom. The second-order valence-electron chi connectivity index (χ2n) is 5.58. The second kappa shape index (κ2) is 6.85. The molecule has 1 unspecified atom stereocenters. The third-order valence-electron chi connectivity index (χ3n) is 3.97. The summed E-state index contributed by atoms with van der Waals surface area (Å²) in [7, 11) is -3.56. The molecule has 1 heterocycles. The van der Waals surface area contributed by atoms with Gasteiger partial charge in [0.1, 0.15) is 5.82 Å². The number of benzene rings is 1. The van der Waals surface area contributed by atoms with E-state index in [-0.39, 0.29) is 4.90 Å². The van der Waals surface area contributed by atoms with Crippen molar-refractivity contribution in [3.05, 3.63) is 29.6 Å². The van der Waals surface area contributed by atoms with E-state index >= 15 is 0 Å². The summed E-state index contributed by atoms with van der Waals surface area (Å²) < 4.78 is 40.2. The Balaban J connectivity index is 2.22. The SMILES string of the molecule is CCN(CC1CCCNC1)S(=O)(=O)c1ccc(F)cc1C. The third kappa shape index (κ3) is 3.81. The first-order valence-corrected chi connectivity index (χ1v) is 8.86. The number of piperidine rings is 1. The Hall–Kier alpha value is -0.980. The number of nitrogens with zero attached hydrogens (tertiary/aromatic N) is 1. The number of hydrogen-bond acceptors (Lipinski definition) is 3. The summed E-state index contributed by atoms with van der Waals surface area (Å²) in [6.45, 7) is 6.28. The molecule has 1 atom stereocenters. The molecule has 1 N–H and O–H groups in total. The highest BCUT2D eigenvalue weighted by molar-refractivity contribution is 7.89. The highest BCUT2D eigenvalue weighted by Gasteiger charge is 2.27. The Morgan fingerprint density at radius 1 is 1.43 bits per heavy atom. The Labute approximate surface area is 126 Å². The summed E-state index contributed by atoms with van der Waals surface area (Å²) in [5, 5.41) is 3.30. The Bertz CT molecular complexity index is 583. The molecule has 1 aromatic carbocycles. The molecule has 118 valence electrons. The lowest BCUT2D eigenvalue weighted by molar-refractivity contribution is 0.297. The van der Waals surface area contributed by atoms with Gasteiger partial charge in [-0.3, -0.25) is 0 Å².